The third-order valence-corrected chi connectivity index (χ3v) is 3.98. The average molecular weight is 342 g/mol. The van der Waals surface area contributed by atoms with Crippen molar-refractivity contribution in [3.8, 4) is 0 Å². The van der Waals surface area contributed by atoms with Gasteiger partial charge in [-0.2, -0.15) is 0 Å². The summed E-state index contributed by atoms with van der Waals surface area (Å²) in [4.78, 5) is 0. The Hall–Kier alpha value is -0.440. The van der Waals surface area contributed by atoms with Gasteiger partial charge in [-0.1, -0.05) is 0 Å². The summed E-state index contributed by atoms with van der Waals surface area (Å²) in [7, 11) is 0. The zero-order chi connectivity index (χ0) is 17.3. The Bertz CT molecular complexity index is 380. The molecule has 0 aromatic rings. The van der Waals surface area contributed by atoms with Gasteiger partial charge in [-0.05, 0) is 0 Å². The van der Waals surface area contributed by atoms with Crippen molar-refractivity contribution in [2.24, 2.45) is 0 Å². The fourth-order valence-corrected chi connectivity index (χ4v) is 2.56. The first-order valence-corrected chi connectivity index (χ1v) is 7.08. The fraction of sp³-hybridized carbons (Fsp3) is 1.00. The predicted molar refractivity (Wildman–Crippen MR) is 68.6 cm³/mol. The summed E-state index contributed by atoms with van der Waals surface area (Å²) in [6.45, 7) is -1.34. The highest BCUT2D eigenvalue weighted by molar-refractivity contribution is 4.93. The summed E-state index contributed by atoms with van der Waals surface area (Å²) >= 11 is 0. The van der Waals surface area contributed by atoms with Gasteiger partial charge in [-0.25, -0.2) is 0 Å². The molecule has 2 aliphatic heterocycles. The molecule has 0 amide bonds. The molecule has 8 N–H and O–H groups in total. The molecule has 0 spiro atoms. The summed E-state index contributed by atoms with van der Waals surface area (Å²) in [6, 6.07) is 0. The van der Waals surface area contributed by atoms with Gasteiger partial charge in [0.25, 0.3) is 0 Å². The summed E-state index contributed by atoms with van der Waals surface area (Å²) in [6.07, 6.45) is -15.7. The molecule has 0 aromatic carbocycles. The minimum absolute atomic E-state index is 0.667. The van der Waals surface area contributed by atoms with Crippen molar-refractivity contribution >= 4 is 0 Å². The number of hydrogen-bond donors (Lipinski definition) is 8. The zero-order valence-corrected chi connectivity index (χ0v) is 12.0. The highest BCUT2D eigenvalue weighted by atomic mass is 16.7. The predicted octanol–water partition coefficient (Wildman–Crippen LogP) is -5.40. The van der Waals surface area contributed by atoms with E-state index in [0.29, 0.717) is 0 Å². The fourth-order valence-electron chi connectivity index (χ4n) is 2.56. The molecule has 2 heterocycles. The third-order valence-electron chi connectivity index (χ3n) is 3.98. The minimum Gasteiger partial charge on any atom is -0.394 e. The Morgan fingerprint density at radius 3 is 1.78 bits per heavy atom. The van der Waals surface area contributed by atoms with Gasteiger partial charge in [-0.15, -0.1) is 0 Å². The van der Waals surface area contributed by atoms with E-state index in [1.165, 1.54) is 0 Å². The van der Waals surface area contributed by atoms with Crippen LogP contribution in [0.25, 0.3) is 0 Å². The molecule has 136 valence electrons. The van der Waals surface area contributed by atoms with Crippen molar-refractivity contribution < 1.29 is 55.1 Å². The van der Waals surface area contributed by atoms with Crippen LogP contribution in [0.3, 0.4) is 0 Å². The maximum atomic E-state index is 10.00. The normalized spacial score (nSPS) is 51.7. The van der Waals surface area contributed by atoms with Crippen molar-refractivity contribution in [3.63, 3.8) is 0 Å². The molecule has 23 heavy (non-hydrogen) atoms. The molecular formula is C12H22O11. The van der Waals surface area contributed by atoms with Crippen LogP contribution in [0.1, 0.15) is 0 Å². The summed E-state index contributed by atoms with van der Waals surface area (Å²) in [5.74, 6) is 0. The Kier molecular flexibility index (Phi) is 6.27. The SMILES string of the molecule is OC[C@@H]1O[C@@H](O)[C@H](O)[C@@H](O[C@H]2O[C@H](CO)[C@H](O)[C@H](O)[C@@H]2O)[C@H]1O. The van der Waals surface area contributed by atoms with E-state index in [2.05, 4.69) is 0 Å². The van der Waals surface area contributed by atoms with E-state index in [4.69, 9.17) is 24.4 Å². The van der Waals surface area contributed by atoms with Gasteiger partial charge >= 0.3 is 0 Å². The van der Waals surface area contributed by atoms with Crippen LogP contribution < -0.4 is 0 Å². The number of aliphatic hydroxyl groups excluding tert-OH is 8. The molecule has 0 unspecified atom stereocenters. The van der Waals surface area contributed by atoms with E-state index in [1.54, 1.807) is 0 Å². The lowest BCUT2D eigenvalue weighted by Gasteiger charge is -2.45. The molecule has 11 nitrogen and oxygen atoms in total. The molecular weight excluding hydrogens is 320 g/mol. The molecule has 11 heteroatoms. The molecule has 0 aromatic heterocycles. The molecule has 0 saturated carbocycles. The number of hydrogen-bond acceptors (Lipinski definition) is 11. The first-order chi connectivity index (χ1) is 10.8. The van der Waals surface area contributed by atoms with Crippen LogP contribution in [-0.2, 0) is 14.2 Å². The van der Waals surface area contributed by atoms with Crippen LogP contribution >= 0.6 is 0 Å². The molecule has 2 saturated heterocycles. The van der Waals surface area contributed by atoms with Crippen molar-refractivity contribution in [2.75, 3.05) is 13.2 Å². The van der Waals surface area contributed by atoms with E-state index >= 15 is 0 Å². The second-order valence-corrected chi connectivity index (χ2v) is 5.53. The molecule has 2 rings (SSSR count). The summed E-state index contributed by atoms with van der Waals surface area (Å²) < 4.78 is 15.1. The van der Waals surface area contributed by atoms with Crippen LogP contribution in [0.5, 0.6) is 0 Å². The first kappa shape index (κ1) is 18.9. The smallest absolute Gasteiger partial charge is 0.187 e. The van der Waals surface area contributed by atoms with E-state index < -0.39 is 74.6 Å². The number of aliphatic hydroxyl groups is 8. The van der Waals surface area contributed by atoms with Gasteiger partial charge in [0.1, 0.15) is 48.8 Å². The molecule has 2 fully saturated rings. The van der Waals surface area contributed by atoms with Crippen LogP contribution in [0.15, 0.2) is 0 Å². The minimum atomic E-state index is -1.76. The van der Waals surface area contributed by atoms with Crippen LogP contribution in [0.4, 0.5) is 0 Å². The maximum absolute atomic E-state index is 10.00. The maximum Gasteiger partial charge on any atom is 0.187 e. The lowest BCUT2D eigenvalue weighted by Crippen LogP contribution is -2.64. The van der Waals surface area contributed by atoms with Crippen molar-refractivity contribution in [1.29, 1.82) is 0 Å². The van der Waals surface area contributed by atoms with Gasteiger partial charge in [0.2, 0.25) is 0 Å². The lowest BCUT2D eigenvalue weighted by molar-refractivity contribution is -0.355. The van der Waals surface area contributed by atoms with Crippen molar-refractivity contribution in [3.05, 3.63) is 0 Å². The van der Waals surface area contributed by atoms with Crippen LogP contribution in [0, 0.1) is 0 Å². The monoisotopic (exact) mass is 342 g/mol. The van der Waals surface area contributed by atoms with Gasteiger partial charge in [-0.3, -0.25) is 0 Å². The van der Waals surface area contributed by atoms with E-state index in [9.17, 15) is 30.6 Å². The van der Waals surface area contributed by atoms with Crippen molar-refractivity contribution in [2.45, 2.75) is 61.4 Å². The number of rotatable bonds is 4. The Balaban J connectivity index is 2.11. The van der Waals surface area contributed by atoms with E-state index in [0.717, 1.165) is 0 Å². The molecule has 0 aliphatic carbocycles. The molecule has 2 aliphatic rings. The highest BCUT2D eigenvalue weighted by Crippen LogP contribution is 2.28. The van der Waals surface area contributed by atoms with E-state index in [1.807, 2.05) is 0 Å². The number of ether oxygens (including phenoxy) is 3. The third kappa shape index (κ3) is 3.65. The quantitative estimate of drug-likeness (QED) is 0.243. The van der Waals surface area contributed by atoms with Gasteiger partial charge in [0.05, 0.1) is 13.2 Å². The first-order valence-electron chi connectivity index (χ1n) is 7.08. The zero-order valence-electron chi connectivity index (χ0n) is 12.0. The average Bonchev–Trinajstić information content (AvgIpc) is 2.54. The van der Waals surface area contributed by atoms with Crippen LogP contribution in [-0.4, -0.2) is 115 Å². The van der Waals surface area contributed by atoms with Gasteiger partial charge < -0.3 is 55.1 Å². The summed E-state index contributed by atoms with van der Waals surface area (Å²) in [5, 5.41) is 76.8. The van der Waals surface area contributed by atoms with E-state index in [-0.39, 0.29) is 0 Å². The van der Waals surface area contributed by atoms with Crippen molar-refractivity contribution in [1.82, 2.24) is 0 Å². The lowest BCUT2D eigenvalue weighted by atomic mass is 9.97. The molecule has 10 atom stereocenters. The van der Waals surface area contributed by atoms with Crippen LogP contribution in [0.2, 0.25) is 0 Å². The Labute approximate surface area is 130 Å². The summed E-state index contributed by atoms with van der Waals surface area (Å²) in [5.41, 5.74) is 0. The molecule has 0 radical (unpaired) electrons. The Morgan fingerprint density at radius 1 is 0.652 bits per heavy atom. The van der Waals surface area contributed by atoms with Gasteiger partial charge in [0.15, 0.2) is 12.6 Å². The topological polar surface area (TPSA) is 190 Å². The Morgan fingerprint density at radius 2 is 1.22 bits per heavy atom. The largest absolute Gasteiger partial charge is 0.394 e. The highest BCUT2D eigenvalue weighted by Gasteiger charge is 2.50. The van der Waals surface area contributed by atoms with Gasteiger partial charge in [0, 0.05) is 0 Å². The molecule has 0 bridgehead atoms. The standard InChI is InChI=1S/C12H22O11/c13-1-3-5(15)7(17)8(18)12(22-3)23-10-6(16)4(2-14)21-11(20)9(10)19/h3-20H,1-2H2/t3-,4+,5+,6+,7+,8+,9-,10+,11-,12-/m1/s1. The second-order valence-electron chi connectivity index (χ2n) is 5.53. The second kappa shape index (κ2) is 7.63.